The van der Waals surface area contributed by atoms with Crippen molar-refractivity contribution in [1.29, 1.82) is 0 Å². The van der Waals surface area contributed by atoms with Crippen molar-refractivity contribution in [2.45, 2.75) is 26.7 Å². The topological polar surface area (TPSA) is 30.5 Å². The van der Waals surface area contributed by atoms with E-state index in [2.05, 4.69) is 19.2 Å². The van der Waals surface area contributed by atoms with Gasteiger partial charge in [0.25, 0.3) is 0 Å². The van der Waals surface area contributed by atoms with Crippen LogP contribution in [0.15, 0.2) is 0 Å². The van der Waals surface area contributed by atoms with Crippen molar-refractivity contribution >= 4 is 11.6 Å². The van der Waals surface area contributed by atoms with Crippen LogP contribution in [0, 0.1) is 5.41 Å². The quantitative estimate of drug-likeness (QED) is 0.452. The molecule has 0 radical (unpaired) electrons. The maximum Gasteiger partial charge on any atom is 0.0700 e. The normalized spacial score (nSPS) is 12.0. The number of halogens is 1. The van der Waals surface area contributed by atoms with Gasteiger partial charge in [0.2, 0.25) is 0 Å². The second-order valence-electron chi connectivity index (χ2n) is 4.12. The molecule has 4 heteroatoms. The largest absolute Gasteiger partial charge is 0.382 e. The van der Waals surface area contributed by atoms with Crippen LogP contribution >= 0.6 is 11.6 Å². The van der Waals surface area contributed by atoms with Crippen molar-refractivity contribution in [2.75, 3.05) is 45.9 Å². The molecule has 0 aromatic rings. The molecule has 0 amide bonds. The molecule has 1 N–H and O–H groups in total. The monoisotopic (exact) mass is 251 g/mol. The first-order valence-electron chi connectivity index (χ1n) is 6.08. The van der Waals surface area contributed by atoms with Gasteiger partial charge in [-0.25, -0.2) is 0 Å². The zero-order valence-electron chi connectivity index (χ0n) is 10.9. The van der Waals surface area contributed by atoms with Crippen LogP contribution in [-0.2, 0) is 9.47 Å². The fourth-order valence-electron chi connectivity index (χ4n) is 1.48. The highest BCUT2D eigenvalue weighted by atomic mass is 35.5. The summed E-state index contributed by atoms with van der Waals surface area (Å²) < 4.78 is 10.3. The van der Waals surface area contributed by atoms with Crippen LogP contribution in [0.3, 0.4) is 0 Å². The van der Waals surface area contributed by atoms with Gasteiger partial charge in [0.1, 0.15) is 0 Å². The molecule has 0 aromatic heterocycles. The predicted octanol–water partition coefficient (Wildman–Crippen LogP) is 2.28. The molecule has 0 atom stereocenters. The van der Waals surface area contributed by atoms with Gasteiger partial charge in [-0.15, -0.1) is 11.6 Å². The van der Waals surface area contributed by atoms with Crippen LogP contribution < -0.4 is 5.32 Å². The molecule has 0 aliphatic carbocycles. The molecule has 98 valence electrons. The fourth-order valence-corrected chi connectivity index (χ4v) is 1.95. The SMILES string of the molecule is CCC(CC)(CCl)CNCCOCCOC. The van der Waals surface area contributed by atoms with E-state index in [0.29, 0.717) is 13.2 Å². The Kier molecular flexibility index (Phi) is 10.4. The van der Waals surface area contributed by atoms with Crippen LogP contribution in [0.5, 0.6) is 0 Å². The summed E-state index contributed by atoms with van der Waals surface area (Å²) in [5.74, 6) is 0.720. The fraction of sp³-hybridized carbons (Fsp3) is 1.00. The lowest BCUT2D eigenvalue weighted by Crippen LogP contribution is -2.36. The van der Waals surface area contributed by atoms with Crippen molar-refractivity contribution < 1.29 is 9.47 Å². The summed E-state index contributed by atoms with van der Waals surface area (Å²) in [7, 11) is 1.68. The molecule has 0 saturated carbocycles. The Balaban J connectivity index is 3.48. The zero-order valence-corrected chi connectivity index (χ0v) is 11.6. The molecule has 16 heavy (non-hydrogen) atoms. The molecule has 0 fully saturated rings. The molecule has 0 unspecified atom stereocenters. The number of rotatable bonds is 11. The number of methoxy groups -OCH3 is 1. The van der Waals surface area contributed by atoms with E-state index in [4.69, 9.17) is 21.1 Å². The summed E-state index contributed by atoms with van der Waals surface area (Å²) >= 11 is 6.02. The Morgan fingerprint density at radius 3 is 2.31 bits per heavy atom. The lowest BCUT2D eigenvalue weighted by atomic mass is 9.84. The molecule has 3 nitrogen and oxygen atoms in total. The molecule has 0 rings (SSSR count). The van der Waals surface area contributed by atoms with Crippen LogP contribution in [0.4, 0.5) is 0 Å². The Labute approximate surface area is 105 Å². The summed E-state index contributed by atoms with van der Waals surface area (Å²) in [6.07, 6.45) is 2.23. The predicted molar refractivity (Wildman–Crippen MR) is 69.3 cm³/mol. The zero-order chi connectivity index (χ0) is 12.3. The second kappa shape index (κ2) is 10.3. The lowest BCUT2D eigenvalue weighted by molar-refractivity contribution is 0.0709. The van der Waals surface area contributed by atoms with E-state index < -0.39 is 0 Å². The number of alkyl halides is 1. The van der Waals surface area contributed by atoms with Crippen molar-refractivity contribution in [3.63, 3.8) is 0 Å². The molecular weight excluding hydrogens is 226 g/mol. The number of hydrogen-bond acceptors (Lipinski definition) is 3. The number of nitrogens with one attached hydrogen (secondary N) is 1. The molecule has 0 spiro atoms. The Bertz CT molecular complexity index is 144. The van der Waals surface area contributed by atoms with Gasteiger partial charge in [-0.05, 0) is 18.3 Å². The van der Waals surface area contributed by atoms with E-state index >= 15 is 0 Å². The van der Waals surface area contributed by atoms with Crippen LogP contribution in [0.2, 0.25) is 0 Å². The molecule has 0 saturated heterocycles. The van der Waals surface area contributed by atoms with Crippen molar-refractivity contribution in [3.8, 4) is 0 Å². The summed E-state index contributed by atoms with van der Waals surface area (Å²) in [6, 6.07) is 0. The Morgan fingerprint density at radius 1 is 1.12 bits per heavy atom. The van der Waals surface area contributed by atoms with E-state index in [0.717, 1.165) is 38.4 Å². The third-order valence-electron chi connectivity index (χ3n) is 3.14. The average molecular weight is 252 g/mol. The highest BCUT2D eigenvalue weighted by Gasteiger charge is 2.24. The summed E-state index contributed by atoms with van der Waals surface area (Å²) in [5.41, 5.74) is 0.244. The smallest absolute Gasteiger partial charge is 0.0700 e. The second-order valence-corrected chi connectivity index (χ2v) is 4.39. The average Bonchev–Trinajstić information content (AvgIpc) is 2.34. The van der Waals surface area contributed by atoms with E-state index in [1.807, 2.05) is 0 Å². The molecule has 0 bridgehead atoms. The van der Waals surface area contributed by atoms with Crippen LogP contribution in [-0.4, -0.2) is 45.9 Å². The summed E-state index contributed by atoms with van der Waals surface area (Å²) in [4.78, 5) is 0. The molecule has 0 aromatic carbocycles. The first-order chi connectivity index (χ1) is 7.74. The van der Waals surface area contributed by atoms with E-state index in [9.17, 15) is 0 Å². The van der Waals surface area contributed by atoms with Crippen molar-refractivity contribution in [3.05, 3.63) is 0 Å². The van der Waals surface area contributed by atoms with E-state index in [1.54, 1.807) is 7.11 Å². The molecule has 0 heterocycles. The van der Waals surface area contributed by atoms with Gasteiger partial charge in [-0.1, -0.05) is 13.8 Å². The van der Waals surface area contributed by atoms with E-state index in [-0.39, 0.29) is 5.41 Å². The Hall–Kier alpha value is 0.170. The van der Waals surface area contributed by atoms with Gasteiger partial charge in [0, 0.05) is 26.1 Å². The highest BCUT2D eigenvalue weighted by molar-refractivity contribution is 6.18. The molecular formula is C12H26ClNO2. The van der Waals surface area contributed by atoms with E-state index in [1.165, 1.54) is 0 Å². The standard InChI is InChI=1S/C12H26ClNO2/c1-4-12(5-2,10-13)11-14-6-7-16-9-8-15-3/h14H,4-11H2,1-3H3. The lowest BCUT2D eigenvalue weighted by Gasteiger charge is -2.29. The van der Waals surface area contributed by atoms with Crippen molar-refractivity contribution in [1.82, 2.24) is 5.32 Å². The van der Waals surface area contributed by atoms with Gasteiger partial charge >= 0.3 is 0 Å². The Morgan fingerprint density at radius 2 is 1.81 bits per heavy atom. The molecule has 0 aliphatic heterocycles. The minimum absolute atomic E-state index is 0.244. The summed E-state index contributed by atoms with van der Waals surface area (Å²) in [6.45, 7) is 8.30. The minimum Gasteiger partial charge on any atom is -0.382 e. The molecule has 0 aliphatic rings. The van der Waals surface area contributed by atoms with Gasteiger partial charge in [0.15, 0.2) is 0 Å². The van der Waals surface area contributed by atoms with Crippen LogP contribution in [0.25, 0.3) is 0 Å². The number of hydrogen-bond donors (Lipinski definition) is 1. The highest BCUT2D eigenvalue weighted by Crippen LogP contribution is 2.26. The van der Waals surface area contributed by atoms with Gasteiger partial charge in [-0.3, -0.25) is 0 Å². The van der Waals surface area contributed by atoms with Crippen molar-refractivity contribution in [2.24, 2.45) is 5.41 Å². The first-order valence-corrected chi connectivity index (χ1v) is 6.61. The van der Waals surface area contributed by atoms with Gasteiger partial charge in [-0.2, -0.15) is 0 Å². The maximum absolute atomic E-state index is 6.02. The van der Waals surface area contributed by atoms with Crippen LogP contribution in [0.1, 0.15) is 26.7 Å². The number of ether oxygens (including phenoxy) is 2. The third kappa shape index (κ3) is 6.69. The van der Waals surface area contributed by atoms with Gasteiger partial charge < -0.3 is 14.8 Å². The maximum atomic E-state index is 6.02. The first kappa shape index (κ1) is 16.2. The van der Waals surface area contributed by atoms with Gasteiger partial charge in [0.05, 0.1) is 19.8 Å². The third-order valence-corrected chi connectivity index (χ3v) is 3.71. The minimum atomic E-state index is 0.244. The summed E-state index contributed by atoms with van der Waals surface area (Å²) in [5, 5.41) is 3.41.